The van der Waals surface area contributed by atoms with Crippen LogP contribution in [0.5, 0.6) is 0 Å². The number of nitrogens with one attached hydrogen (secondary N) is 2. The number of aryl methyl sites for hydroxylation is 1. The number of aromatic nitrogens is 2. The zero-order valence-electron chi connectivity index (χ0n) is 11.2. The van der Waals surface area contributed by atoms with Crippen LogP contribution in [0.4, 0.5) is 11.8 Å². The average molecular weight is 249 g/mol. The molecule has 0 bridgehead atoms. The van der Waals surface area contributed by atoms with E-state index in [0.717, 1.165) is 17.4 Å². The van der Waals surface area contributed by atoms with Gasteiger partial charge in [-0.2, -0.15) is 4.98 Å². The molecular formula is C13H23N5. The predicted molar refractivity (Wildman–Crippen MR) is 74.2 cm³/mol. The van der Waals surface area contributed by atoms with E-state index >= 15 is 0 Å². The van der Waals surface area contributed by atoms with E-state index in [1.165, 1.54) is 32.1 Å². The van der Waals surface area contributed by atoms with Gasteiger partial charge in [-0.05, 0) is 32.6 Å². The van der Waals surface area contributed by atoms with Crippen molar-refractivity contribution in [1.29, 1.82) is 0 Å². The molecule has 1 unspecified atom stereocenters. The zero-order chi connectivity index (χ0) is 13.0. The molecule has 1 atom stereocenters. The predicted octanol–water partition coefficient (Wildman–Crippen LogP) is 2.45. The van der Waals surface area contributed by atoms with E-state index in [1.807, 2.05) is 13.0 Å². The first-order valence-electron chi connectivity index (χ1n) is 6.78. The van der Waals surface area contributed by atoms with Crippen LogP contribution in [-0.2, 0) is 0 Å². The van der Waals surface area contributed by atoms with Gasteiger partial charge in [0.15, 0.2) is 0 Å². The van der Waals surface area contributed by atoms with Crippen LogP contribution in [-0.4, -0.2) is 16.0 Å². The minimum Gasteiger partial charge on any atom is -0.367 e. The topological polar surface area (TPSA) is 75.9 Å². The Balaban J connectivity index is 2.01. The maximum Gasteiger partial charge on any atom is 0.239 e. The first-order valence-corrected chi connectivity index (χ1v) is 6.78. The van der Waals surface area contributed by atoms with E-state index in [0.29, 0.717) is 12.0 Å². The lowest BCUT2D eigenvalue weighted by Crippen LogP contribution is -2.28. The highest BCUT2D eigenvalue weighted by atomic mass is 15.3. The number of nitrogens with zero attached hydrogens (tertiary/aromatic N) is 2. The molecular weight excluding hydrogens is 226 g/mol. The van der Waals surface area contributed by atoms with Gasteiger partial charge in [0, 0.05) is 17.8 Å². The van der Waals surface area contributed by atoms with Gasteiger partial charge >= 0.3 is 0 Å². The van der Waals surface area contributed by atoms with E-state index in [4.69, 9.17) is 5.84 Å². The van der Waals surface area contributed by atoms with E-state index in [-0.39, 0.29) is 0 Å². The minimum absolute atomic E-state index is 0.449. The molecule has 1 fully saturated rings. The lowest BCUT2D eigenvalue weighted by Gasteiger charge is -2.28. The Labute approximate surface area is 109 Å². The molecule has 100 valence electrons. The number of hydrazine groups is 1. The highest BCUT2D eigenvalue weighted by Crippen LogP contribution is 2.27. The van der Waals surface area contributed by atoms with E-state index in [1.54, 1.807) is 0 Å². The first-order chi connectivity index (χ1) is 8.69. The second-order valence-corrected chi connectivity index (χ2v) is 5.19. The first kappa shape index (κ1) is 13.1. The molecule has 1 saturated carbocycles. The lowest BCUT2D eigenvalue weighted by atomic mass is 9.84. The van der Waals surface area contributed by atoms with Crippen molar-refractivity contribution in [3.8, 4) is 0 Å². The summed E-state index contributed by atoms with van der Waals surface area (Å²) in [6, 6.07) is 2.41. The monoisotopic (exact) mass is 249 g/mol. The third kappa shape index (κ3) is 3.32. The average Bonchev–Trinajstić information content (AvgIpc) is 2.39. The van der Waals surface area contributed by atoms with Crippen LogP contribution in [0.3, 0.4) is 0 Å². The summed E-state index contributed by atoms with van der Waals surface area (Å²) in [4.78, 5) is 8.51. The smallest absolute Gasteiger partial charge is 0.239 e. The summed E-state index contributed by atoms with van der Waals surface area (Å²) < 4.78 is 0. The fraction of sp³-hybridized carbons (Fsp3) is 0.692. The van der Waals surface area contributed by atoms with E-state index in [9.17, 15) is 0 Å². The molecule has 0 amide bonds. The molecule has 0 aromatic carbocycles. The van der Waals surface area contributed by atoms with Crippen LogP contribution >= 0.6 is 0 Å². The normalized spacial score (nSPS) is 18.4. The quantitative estimate of drug-likeness (QED) is 0.564. The van der Waals surface area contributed by atoms with Crippen molar-refractivity contribution in [1.82, 2.24) is 9.97 Å². The number of nitrogen functional groups attached to an aromatic ring is 1. The minimum atomic E-state index is 0.449. The number of nitrogens with two attached hydrogens (primary N) is 1. The fourth-order valence-electron chi connectivity index (χ4n) is 2.69. The van der Waals surface area contributed by atoms with Crippen molar-refractivity contribution in [3.63, 3.8) is 0 Å². The third-order valence-corrected chi connectivity index (χ3v) is 3.72. The summed E-state index contributed by atoms with van der Waals surface area (Å²) in [7, 11) is 0. The Morgan fingerprint density at radius 1 is 1.28 bits per heavy atom. The van der Waals surface area contributed by atoms with Gasteiger partial charge in [0.2, 0.25) is 5.95 Å². The largest absolute Gasteiger partial charge is 0.367 e. The van der Waals surface area contributed by atoms with Crippen molar-refractivity contribution in [2.75, 3.05) is 10.7 Å². The molecule has 0 aliphatic heterocycles. The van der Waals surface area contributed by atoms with Gasteiger partial charge in [-0.3, -0.25) is 5.43 Å². The van der Waals surface area contributed by atoms with Gasteiger partial charge < -0.3 is 5.32 Å². The molecule has 1 aliphatic carbocycles. The van der Waals surface area contributed by atoms with Crippen molar-refractivity contribution in [3.05, 3.63) is 11.8 Å². The molecule has 0 radical (unpaired) electrons. The molecule has 5 nitrogen and oxygen atoms in total. The van der Waals surface area contributed by atoms with Gasteiger partial charge in [0.1, 0.15) is 5.82 Å². The zero-order valence-corrected chi connectivity index (χ0v) is 11.2. The third-order valence-electron chi connectivity index (χ3n) is 3.72. The van der Waals surface area contributed by atoms with Crippen LogP contribution in [0.15, 0.2) is 6.07 Å². The highest BCUT2D eigenvalue weighted by Gasteiger charge is 2.20. The Kier molecular flexibility index (Phi) is 4.36. The van der Waals surface area contributed by atoms with Gasteiger partial charge in [-0.1, -0.05) is 19.3 Å². The molecule has 1 heterocycles. The van der Waals surface area contributed by atoms with Crippen molar-refractivity contribution < 1.29 is 0 Å². The molecule has 0 spiro atoms. The number of hydrogen-bond acceptors (Lipinski definition) is 5. The highest BCUT2D eigenvalue weighted by molar-refractivity contribution is 5.42. The lowest BCUT2D eigenvalue weighted by molar-refractivity contribution is 0.328. The van der Waals surface area contributed by atoms with Gasteiger partial charge in [-0.15, -0.1) is 0 Å². The summed E-state index contributed by atoms with van der Waals surface area (Å²) in [6.45, 7) is 4.18. The Hall–Kier alpha value is -1.36. The summed E-state index contributed by atoms with van der Waals surface area (Å²) in [5.41, 5.74) is 3.41. The van der Waals surface area contributed by atoms with Gasteiger partial charge in [0.05, 0.1) is 0 Å². The maximum atomic E-state index is 5.36. The second-order valence-electron chi connectivity index (χ2n) is 5.19. The molecule has 1 aromatic rings. The van der Waals surface area contributed by atoms with E-state index in [2.05, 4.69) is 27.6 Å². The van der Waals surface area contributed by atoms with Crippen molar-refractivity contribution in [2.24, 2.45) is 11.8 Å². The summed E-state index contributed by atoms with van der Waals surface area (Å²) >= 11 is 0. The maximum absolute atomic E-state index is 5.36. The van der Waals surface area contributed by atoms with Crippen LogP contribution in [0.1, 0.15) is 44.7 Å². The van der Waals surface area contributed by atoms with Crippen molar-refractivity contribution >= 4 is 11.8 Å². The van der Waals surface area contributed by atoms with Crippen LogP contribution in [0.2, 0.25) is 0 Å². The molecule has 4 N–H and O–H groups in total. The Bertz CT molecular complexity index is 387. The Morgan fingerprint density at radius 3 is 2.67 bits per heavy atom. The fourth-order valence-corrected chi connectivity index (χ4v) is 2.69. The molecule has 18 heavy (non-hydrogen) atoms. The molecule has 1 aromatic heterocycles. The summed E-state index contributed by atoms with van der Waals surface area (Å²) in [5, 5.41) is 3.48. The van der Waals surface area contributed by atoms with Crippen LogP contribution < -0.4 is 16.6 Å². The van der Waals surface area contributed by atoms with Gasteiger partial charge in [-0.25, -0.2) is 10.8 Å². The molecule has 5 heteroatoms. The van der Waals surface area contributed by atoms with Crippen LogP contribution in [0, 0.1) is 12.8 Å². The van der Waals surface area contributed by atoms with E-state index < -0.39 is 0 Å². The number of hydrogen-bond donors (Lipinski definition) is 3. The number of rotatable bonds is 4. The summed E-state index contributed by atoms with van der Waals surface area (Å²) in [6.07, 6.45) is 6.74. The molecule has 1 aliphatic rings. The molecule has 2 rings (SSSR count). The summed E-state index contributed by atoms with van der Waals surface area (Å²) in [5.74, 6) is 7.43. The Morgan fingerprint density at radius 2 is 2.00 bits per heavy atom. The molecule has 0 saturated heterocycles. The second kappa shape index (κ2) is 6.00. The van der Waals surface area contributed by atoms with Crippen molar-refractivity contribution in [2.45, 2.75) is 52.0 Å². The SMILES string of the molecule is Cc1cc(NC(C)C2CCCCC2)nc(NN)n1. The van der Waals surface area contributed by atoms with Crippen LogP contribution in [0.25, 0.3) is 0 Å². The number of anilines is 2. The van der Waals surface area contributed by atoms with Gasteiger partial charge in [0.25, 0.3) is 0 Å². The standard InChI is InChI=1S/C13H23N5/c1-9-8-12(17-13(15-9)18-14)16-10(2)11-6-4-3-5-7-11/h8,10-11H,3-7,14H2,1-2H3,(H2,15,16,17,18).